The number of amides is 1. The maximum absolute atomic E-state index is 12.1. The largest absolute Gasteiger partial charge is 0.456 e. The molecule has 3 aromatic rings. The molecule has 10 heteroatoms. The Kier molecular flexibility index (Phi) is 5.97. The number of carbonyl (C=O) groups excluding carboxylic acids is 2. The van der Waals surface area contributed by atoms with Crippen molar-refractivity contribution in [3.05, 3.63) is 45.7 Å². The number of rotatable bonds is 6. The number of anilines is 2. The summed E-state index contributed by atoms with van der Waals surface area (Å²) in [6.45, 7) is 5.11. The average molecular weight is 417 g/mol. The maximum Gasteiger partial charge on any atom is 0.306 e. The third-order valence-corrected chi connectivity index (χ3v) is 4.96. The van der Waals surface area contributed by atoms with Gasteiger partial charge in [0.1, 0.15) is 0 Å². The van der Waals surface area contributed by atoms with Gasteiger partial charge in [-0.2, -0.15) is 9.50 Å². The van der Waals surface area contributed by atoms with E-state index in [-0.39, 0.29) is 19.0 Å². The molecule has 0 aliphatic rings. The average Bonchev–Trinajstić information content (AvgIpc) is 3.04. The standard InChI is InChI=1S/C19H21ClN6O3/c1-10-14(20)5-4-6-15(10)23-16(27)9-29-17(28)8-7-13-11(2)22-19-24-18(21)25-26(19)12(13)3/h4-6H,7-9H2,1-3H3,(H2,21,25)(H,23,27). The summed E-state index contributed by atoms with van der Waals surface area (Å²) in [5, 5.41) is 7.32. The number of ether oxygens (including phenoxy) is 1. The van der Waals surface area contributed by atoms with Crippen LogP contribution in [0.2, 0.25) is 5.02 Å². The molecular weight excluding hydrogens is 396 g/mol. The molecule has 3 N–H and O–H groups in total. The van der Waals surface area contributed by atoms with E-state index in [1.807, 2.05) is 13.8 Å². The maximum atomic E-state index is 12.1. The minimum Gasteiger partial charge on any atom is -0.456 e. The Morgan fingerprint density at radius 1 is 1.24 bits per heavy atom. The number of carbonyl (C=O) groups is 2. The quantitative estimate of drug-likeness (QED) is 0.591. The van der Waals surface area contributed by atoms with Gasteiger partial charge in [-0.25, -0.2) is 4.98 Å². The van der Waals surface area contributed by atoms with Crippen LogP contribution in [0.1, 0.15) is 28.9 Å². The van der Waals surface area contributed by atoms with E-state index in [0.717, 1.165) is 22.5 Å². The van der Waals surface area contributed by atoms with Gasteiger partial charge in [0.25, 0.3) is 11.7 Å². The van der Waals surface area contributed by atoms with Crippen molar-refractivity contribution in [1.82, 2.24) is 19.6 Å². The first kappa shape index (κ1) is 20.5. The van der Waals surface area contributed by atoms with Crippen LogP contribution in [0, 0.1) is 20.8 Å². The SMILES string of the molecule is Cc1nc2nc(N)nn2c(C)c1CCC(=O)OCC(=O)Nc1cccc(Cl)c1C. The van der Waals surface area contributed by atoms with Crippen LogP contribution in [-0.4, -0.2) is 38.1 Å². The number of nitrogens with two attached hydrogens (primary N) is 1. The number of esters is 1. The Labute approximate surface area is 172 Å². The highest BCUT2D eigenvalue weighted by Crippen LogP contribution is 2.22. The molecule has 9 nitrogen and oxygen atoms in total. The van der Waals surface area contributed by atoms with Crippen molar-refractivity contribution < 1.29 is 14.3 Å². The van der Waals surface area contributed by atoms with Crippen LogP contribution in [0.15, 0.2) is 18.2 Å². The Balaban J connectivity index is 1.56. The molecule has 2 heterocycles. The lowest BCUT2D eigenvalue weighted by Gasteiger charge is -2.11. The van der Waals surface area contributed by atoms with Crippen molar-refractivity contribution in [2.45, 2.75) is 33.6 Å². The molecular formula is C19H21ClN6O3. The van der Waals surface area contributed by atoms with Crippen LogP contribution in [0.5, 0.6) is 0 Å². The molecule has 0 spiro atoms. The number of aryl methyl sites for hydroxylation is 2. The van der Waals surface area contributed by atoms with Crippen molar-refractivity contribution in [2.75, 3.05) is 17.7 Å². The highest BCUT2D eigenvalue weighted by molar-refractivity contribution is 6.31. The summed E-state index contributed by atoms with van der Waals surface area (Å²) in [6.07, 6.45) is 0.497. The van der Waals surface area contributed by atoms with Crippen LogP contribution in [0.4, 0.5) is 11.6 Å². The summed E-state index contributed by atoms with van der Waals surface area (Å²) < 4.78 is 6.63. The zero-order chi connectivity index (χ0) is 21.1. The van der Waals surface area contributed by atoms with Crippen LogP contribution in [-0.2, 0) is 20.7 Å². The second-order valence-electron chi connectivity index (χ2n) is 6.56. The third kappa shape index (κ3) is 4.62. The fourth-order valence-electron chi connectivity index (χ4n) is 2.96. The van der Waals surface area contributed by atoms with Crippen molar-refractivity contribution in [1.29, 1.82) is 0 Å². The molecule has 29 heavy (non-hydrogen) atoms. The molecule has 0 bridgehead atoms. The van der Waals surface area contributed by atoms with Gasteiger partial charge in [0.2, 0.25) is 5.95 Å². The first-order chi connectivity index (χ1) is 13.8. The molecule has 152 valence electrons. The normalized spacial score (nSPS) is 10.9. The molecule has 0 unspecified atom stereocenters. The highest BCUT2D eigenvalue weighted by atomic mass is 35.5. The molecule has 0 radical (unpaired) electrons. The number of aromatic nitrogens is 4. The first-order valence-electron chi connectivity index (χ1n) is 8.95. The molecule has 0 saturated heterocycles. The number of benzene rings is 1. The van der Waals surface area contributed by atoms with Gasteiger partial charge in [0.05, 0.1) is 0 Å². The monoisotopic (exact) mass is 416 g/mol. The zero-order valence-corrected chi connectivity index (χ0v) is 17.1. The number of hydrogen-bond donors (Lipinski definition) is 2. The Bertz CT molecular complexity index is 1100. The topological polar surface area (TPSA) is 124 Å². The van der Waals surface area contributed by atoms with Crippen molar-refractivity contribution in [2.24, 2.45) is 0 Å². The molecule has 2 aromatic heterocycles. The van der Waals surface area contributed by atoms with Gasteiger partial charge in [-0.05, 0) is 50.5 Å². The highest BCUT2D eigenvalue weighted by Gasteiger charge is 2.15. The number of nitrogen functional groups attached to an aromatic ring is 1. The van der Waals surface area contributed by atoms with Gasteiger partial charge in [0, 0.05) is 28.5 Å². The van der Waals surface area contributed by atoms with E-state index in [1.54, 1.807) is 29.6 Å². The molecule has 0 aliphatic heterocycles. The van der Waals surface area contributed by atoms with E-state index < -0.39 is 11.9 Å². The van der Waals surface area contributed by atoms with E-state index in [1.165, 1.54) is 0 Å². The minimum absolute atomic E-state index is 0.0997. The molecule has 0 saturated carbocycles. The van der Waals surface area contributed by atoms with E-state index >= 15 is 0 Å². The summed E-state index contributed by atoms with van der Waals surface area (Å²) in [7, 11) is 0. The first-order valence-corrected chi connectivity index (χ1v) is 9.33. The molecule has 1 aromatic carbocycles. The molecule has 1 amide bonds. The van der Waals surface area contributed by atoms with E-state index in [0.29, 0.717) is 22.9 Å². The number of hydrogen-bond acceptors (Lipinski definition) is 7. The second-order valence-corrected chi connectivity index (χ2v) is 6.97. The smallest absolute Gasteiger partial charge is 0.306 e. The van der Waals surface area contributed by atoms with Crippen LogP contribution in [0.25, 0.3) is 5.78 Å². The van der Waals surface area contributed by atoms with E-state index in [9.17, 15) is 9.59 Å². The van der Waals surface area contributed by atoms with Gasteiger partial charge in [-0.1, -0.05) is 17.7 Å². The lowest BCUT2D eigenvalue weighted by Crippen LogP contribution is -2.21. The Hall–Kier alpha value is -3.20. The van der Waals surface area contributed by atoms with Crippen LogP contribution in [0.3, 0.4) is 0 Å². The fraction of sp³-hybridized carbons (Fsp3) is 0.316. The molecule has 0 fully saturated rings. The minimum atomic E-state index is -0.486. The molecule has 0 atom stereocenters. The van der Waals surface area contributed by atoms with E-state index in [2.05, 4.69) is 20.4 Å². The lowest BCUT2D eigenvalue weighted by molar-refractivity contribution is -0.147. The van der Waals surface area contributed by atoms with E-state index in [4.69, 9.17) is 22.1 Å². The second kappa shape index (κ2) is 8.44. The van der Waals surface area contributed by atoms with Gasteiger partial charge >= 0.3 is 5.97 Å². The Morgan fingerprint density at radius 3 is 2.76 bits per heavy atom. The molecule has 3 rings (SSSR count). The summed E-state index contributed by atoms with van der Waals surface area (Å²) in [4.78, 5) is 32.5. The number of fused-ring (bicyclic) bond motifs is 1. The summed E-state index contributed by atoms with van der Waals surface area (Å²) in [6, 6.07) is 5.19. The summed E-state index contributed by atoms with van der Waals surface area (Å²) in [5.74, 6) is -0.369. The van der Waals surface area contributed by atoms with Gasteiger partial charge < -0.3 is 15.8 Å². The van der Waals surface area contributed by atoms with Crippen molar-refractivity contribution >= 4 is 40.9 Å². The summed E-state index contributed by atoms with van der Waals surface area (Å²) in [5.41, 5.74) is 9.35. The predicted molar refractivity (Wildman–Crippen MR) is 109 cm³/mol. The van der Waals surface area contributed by atoms with Gasteiger partial charge in [0.15, 0.2) is 6.61 Å². The number of nitrogens with one attached hydrogen (secondary N) is 1. The van der Waals surface area contributed by atoms with Crippen LogP contribution >= 0.6 is 11.6 Å². The Morgan fingerprint density at radius 2 is 2.00 bits per heavy atom. The van der Waals surface area contributed by atoms with Crippen LogP contribution < -0.4 is 11.1 Å². The molecule has 0 aliphatic carbocycles. The third-order valence-electron chi connectivity index (χ3n) is 4.55. The van der Waals surface area contributed by atoms with Gasteiger partial charge in [-0.3, -0.25) is 9.59 Å². The number of nitrogens with zero attached hydrogens (tertiary/aromatic N) is 4. The lowest BCUT2D eigenvalue weighted by atomic mass is 10.1. The summed E-state index contributed by atoms with van der Waals surface area (Å²) >= 11 is 6.03. The fourth-order valence-corrected chi connectivity index (χ4v) is 3.13. The van der Waals surface area contributed by atoms with Crippen molar-refractivity contribution in [3.63, 3.8) is 0 Å². The zero-order valence-electron chi connectivity index (χ0n) is 16.3. The van der Waals surface area contributed by atoms with Gasteiger partial charge in [-0.15, -0.1) is 5.10 Å². The predicted octanol–water partition coefficient (Wildman–Crippen LogP) is 2.40. The number of halogens is 1. The van der Waals surface area contributed by atoms with Crippen molar-refractivity contribution in [3.8, 4) is 0 Å².